The number of primary amides is 1. The Hall–Kier alpha value is -8.33. The van der Waals surface area contributed by atoms with Gasteiger partial charge in [-0.1, -0.05) is 92.6 Å². The largest absolute Gasteiger partial charge is 0.508 e. The summed E-state index contributed by atoms with van der Waals surface area (Å²) in [5.41, 5.74) is 13.7. The molecule has 4 aromatic carbocycles. The molecule has 72 heavy (non-hydrogen) atoms. The Bertz CT molecular complexity index is 2760. The average molecular weight is 991 g/mol. The highest BCUT2D eigenvalue weighted by Crippen LogP contribution is 2.22. The van der Waals surface area contributed by atoms with Gasteiger partial charge in [-0.05, 0) is 59.0 Å². The van der Waals surface area contributed by atoms with Crippen LogP contribution < -0.4 is 43.4 Å². The molecule has 1 heterocycles. The zero-order chi connectivity index (χ0) is 52.5. The normalized spacial score (nSPS) is 13.6. The molecule has 8 amide bonds. The van der Waals surface area contributed by atoms with Crippen molar-refractivity contribution in [3.63, 3.8) is 0 Å². The Morgan fingerprint density at radius 2 is 1.31 bits per heavy atom. The van der Waals surface area contributed by atoms with Gasteiger partial charge in [-0.15, -0.1) is 0 Å². The van der Waals surface area contributed by atoms with Gasteiger partial charge in [0.25, 0.3) is 0 Å². The fourth-order valence-electron chi connectivity index (χ4n) is 8.13. The average Bonchev–Trinajstić information content (AvgIpc) is 3.77. The van der Waals surface area contributed by atoms with Crippen LogP contribution in [0.25, 0.3) is 21.7 Å². The molecule has 21 heteroatoms. The SMILES string of the molecule is CCCC[C@@H](C(=O)N[C@@H](CC(=O)O)C(=O)N[C@@H](Cc1cccc2ccccc12)C(N)=O)N(C)C(=O)[C@H](Cc1c[nH]c2ccccc12)NC(=O)CNC(=O)[C@H](Cc1ccc(O)cc1)NC(=O)[C@H](C)NC(=O)CN. The second-order valence-corrected chi connectivity index (χ2v) is 17.4. The molecule has 0 bridgehead atoms. The Morgan fingerprint density at radius 1 is 0.667 bits per heavy atom. The van der Waals surface area contributed by atoms with Crippen molar-refractivity contribution in [1.29, 1.82) is 0 Å². The van der Waals surface area contributed by atoms with E-state index in [0.717, 1.165) is 26.6 Å². The molecule has 5 aromatic rings. The number of hydrogen-bond acceptors (Lipinski definition) is 11. The van der Waals surface area contributed by atoms with Crippen LogP contribution in [-0.4, -0.2) is 130 Å². The number of aromatic nitrogens is 1. The van der Waals surface area contributed by atoms with Gasteiger partial charge in [-0.2, -0.15) is 0 Å². The summed E-state index contributed by atoms with van der Waals surface area (Å²) in [7, 11) is 1.34. The van der Waals surface area contributed by atoms with E-state index in [0.29, 0.717) is 29.5 Å². The van der Waals surface area contributed by atoms with Crippen LogP contribution in [0.3, 0.4) is 0 Å². The molecule has 0 unspecified atom stereocenters. The van der Waals surface area contributed by atoms with Crippen molar-refractivity contribution in [2.45, 2.75) is 95.0 Å². The number of benzene rings is 4. The Balaban J connectivity index is 1.35. The molecule has 5 rings (SSSR count). The van der Waals surface area contributed by atoms with Gasteiger partial charge in [0, 0.05) is 43.4 Å². The number of likely N-dealkylation sites (N-methyl/N-ethyl adjacent to an activating group) is 1. The van der Waals surface area contributed by atoms with E-state index in [-0.39, 0.29) is 38.0 Å². The van der Waals surface area contributed by atoms with Gasteiger partial charge in [0.15, 0.2) is 0 Å². The molecule has 0 saturated carbocycles. The first-order valence-corrected chi connectivity index (χ1v) is 23.4. The van der Waals surface area contributed by atoms with Crippen LogP contribution in [0.15, 0.2) is 97.2 Å². The highest BCUT2D eigenvalue weighted by atomic mass is 16.4. The van der Waals surface area contributed by atoms with Gasteiger partial charge in [0.05, 0.1) is 19.5 Å². The molecular weight excluding hydrogens is 929 g/mol. The first-order valence-electron chi connectivity index (χ1n) is 23.4. The van der Waals surface area contributed by atoms with Crippen LogP contribution in [0, 0.1) is 0 Å². The smallest absolute Gasteiger partial charge is 0.305 e. The second kappa shape index (κ2) is 26.0. The zero-order valence-electron chi connectivity index (χ0n) is 40.2. The molecule has 21 nitrogen and oxygen atoms in total. The summed E-state index contributed by atoms with van der Waals surface area (Å²) < 4.78 is 0. The minimum absolute atomic E-state index is 0.0352. The maximum absolute atomic E-state index is 14.7. The number of carbonyl (C=O) groups excluding carboxylic acids is 8. The van der Waals surface area contributed by atoms with E-state index in [9.17, 15) is 53.4 Å². The molecule has 0 saturated heterocycles. The lowest BCUT2D eigenvalue weighted by molar-refractivity contribution is -0.144. The van der Waals surface area contributed by atoms with Crippen molar-refractivity contribution < 1.29 is 53.4 Å². The summed E-state index contributed by atoms with van der Waals surface area (Å²) in [5, 5.41) is 37.2. The number of aliphatic carboxylic acids is 1. The molecule has 0 aliphatic rings. The van der Waals surface area contributed by atoms with E-state index in [1.165, 1.54) is 38.2 Å². The van der Waals surface area contributed by atoms with Crippen molar-refractivity contribution in [1.82, 2.24) is 41.8 Å². The number of carbonyl (C=O) groups is 9. The van der Waals surface area contributed by atoms with E-state index in [4.69, 9.17) is 11.5 Å². The monoisotopic (exact) mass is 990 g/mol. The van der Waals surface area contributed by atoms with Crippen molar-refractivity contribution in [2.24, 2.45) is 11.5 Å². The van der Waals surface area contributed by atoms with Gasteiger partial charge >= 0.3 is 5.97 Å². The number of nitrogens with two attached hydrogens (primary N) is 2. The van der Waals surface area contributed by atoms with Gasteiger partial charge in [-0.3, -0.25) is 43.2 Å². The summed E-state index contributed by atoms with van der Waals surface area (Å²) >= 11 is 0. The molecule has 13 N–H and O–H groups in total. The van der Waals surface area contributed by atoms with Crippen molar-refractivity contribution in [3.05, 3.63) is 114 Å². The summed E-state index contributed by atoms with van der Waals surface area (Å²) in [6.07, 6.45) is 1.60. The van der Waals surface area contributed by atoms with E-state index in [2.05, 4.69) is 36.9 Å². The molecule has 0 radical (unpaired) electrons. The Kier molecular flexibility index (Phi) is 19.8. The topological polar surface area (TPSA) is 337 Å². The number of para-hydroxylation sites is 1. The number of hydrogen-bond donors (Lipinski definition) is 11. The predicted octanol–water partition coefficient (Wildman–Crippen LogP) is 0.551. The number of amides is 8. The number of unbranched alkanes of at least 4 members (excludes halogenated alkanes) is 1. The maximum Gasteiger partial charge on any atom is 0.305 e. The molecule has 6 atom stereocenters. The van der Waals surface area contributed by atoms with Crippen molar-refractivity contribution in [3.8, 4) is 5.75 Å². The number of carboxylic acid groups (broad SMARTS) is 1. The predicted molar refractivity (Wildman–Crippen MR) is 266 cm³/mol. The number of aromatic amines is 1. The number of aromatic hydroxyl groups is 1. The van der Waals surface area contributed by atoms with E-state index in [1.807, 2.05) is 55.5 Å². The molecule has 0 aliphatic heterocycles. The number of carboxylic acids is 1. The van der Waals surface area contributed by atoms with Gasteiger partial charge in [-0.25, -0.2) is 0 Å². The fraction of sp³-hybridized carbons (Fsp3) is 0.353. The third-order valence-corrected chi connectivity index (χ3v) is 12.0. The molecule has 0 fully saturated rings. The lowest BCUT2D eigenvalue weighted by atomic mass is 9.98. The van der Waals surface area contributed by atoms with Gasteiger partial charge in [0.2, 0.25) is 47.3 Å². The fourth-order valence-corrected chi connectivity index (χ4v) is 8.13. The van der Waals surface area contributed by atoms with E-state index >= 15 is 0 Å². The highest BCUT2D eigenvalue weighted by molar-refractivity contribution is 5.98. The van der Waals surface area contributed by atoms with E-state index in [1.54, 1.807) is 24.4 Å². The number of nitrogens with zero attached hydrogens (tertiary/aromatic N) is 1. The number of phenols is 1. The summed E-state index contributed by atoms with van der Waals surface area (Å²) in [6, 6.07) is 17.9. The van der Waals surface area contributed by atoms with Crippen LogP contribution >= 0.6 is 0 Å². The molecule has 1 aromatic heterocycles. The van der Waals surface area contributed by atoms with Crippen LogP contribution in [0.4, 0.5) is 0 Å². The van der Waals surface area contributed by atoms with Crippen LogP contribution in [0.5, 0.6) is 5.75 Å². The number of H-pyrrole nitrogens is 1. The standard InChI is InChI=1S/C51H62N10O11/c1-4-5-17-42(50(71)60-40(25-45(65)66)49(70)58-38(46(53)67)23-32-13-10-12-31-11-6-7-14-35(31)32)61(3)51(72)41(24-33-27-54-37-16-9-8-15-36(33)37)57-44(64)28-55-48(69)39(22-30-18-20-34(62)21-19-30)59-47(68)29(2)56-43(63)26-52/h6-16,18-21,27,29,38-42,54,62H,4-5,17,22-26,28,52H2,1-3H3,(H2,53,67)(H,55,69)(H,56,63)(H,57,64)(H,58,70)(H,59,68)(H,60,71)(H,65,66)/t29-,38-,39-,40-,41-,42-/m0/s1. The molecule has 0 spiro atoms. The van der Waals surface area contributed by atoms with Crippen molar-refractivity contribution in [2.75, 3.05) is 20.1 Å². The van der Waals surface area contributed by atoms with Crippen LogP contribution in [0.2, 0.25) is 0 Å². The van der Waals surface area contributed by atoms with Gasteiger partial charge in [0.1, 0.15) is 42.0 Å². The Morgan fingerprint density at radius 3 is 1.99 bits per heavy atom. The van der Waals surface area contributed by atoms with Gasteiger partial charge < -0.3 is 63.5 Å². The number of phenolic OH excluding ortho intramolecular Hbond substituents is 1. The molecule has 0 aliphatic carbocycles. The number of rotatable bonds is 26. The van der Waals surface area contributed by atoms with Crippen LogP contribution in [0.1, 0.15) is 56.2 Å². The molecular formula is C51H62N10O11. The quantitative estimate of drug-likeness (QED) is 0.0362. The lowest BCUT2D eigenvalue weighted by Gasteiger charge is -2.32. The minimum Gasteiger partial charge on any atom is -0.508 e. The summed E-state index contributed by atoms with van der Waals surface area (Å²) in [6.45, 7) is 2.19. The minimum atomic E-state index is -1.71. The lowest BCUT2D eigenvalue weighted by Crippen LogP contribution is -2.59. The first kappa shape index (κ1) is 54.6. The first-order chi connectivity index (χ1) is 34.4. The third kappa shape index (κ3) is 15.3. The second-order valence-electron chi connectivity index (χ2n) is 17.4. The van der Waals surface area contributed by atoms with Crippen LogP contribution in [-0.2, 0) is 62.4 Å². The zero-order valence-corrected chi connectivity index (χ0v) is 40.2. The summed E-state index contributed by atoms with van der Waals surface area (Å²) in [5.74, 6) is -7.96. The van der Waals surface area contributed by atoms with Crippen molar-refractivity contribution >= 4 is 74.9 Å². The number of fused-ring (bicyclic) bond motifs is 2. The molecule has 382 valence electrons. The van der Waals surface area contributed by atoms with E-state index < -0.39 is 102 Å². The number of nitrogens with one attached hydrogen (secondary N) is 7. The third-order valence-electron chi connectivity index (χ3n) is 12.0. The maximum atomic E-state index is 14.7. The highest BCUT2D eigenvalue weighted by Gasteiger charge is 2.36. The Labute approximate surface area is 415 Å². The summed E-state index contributed by atoms with van der Waals surface area (Å²) in [4.78, 5) is 124.